The largest absolute Gasteiger partial charge is 0.480 e. The van der Waals surface area contributed by atoms with E-state index in [1.165, 1.54) is 13.0 Å². The van der Waals surface area contributed by atoms with Crippen molar-refractivity contribution in [3.8, 4) is 0 Å². The summed E-state index contributed by atoms with van der Waals surface area (Å²) in [6.45, 7) is 3.43. The van der Waals surface area contributed by atoms with Crippen LogP contribution in [0.25, 0.3) is 6.08 Å². The van der Waals surface area contributed by atoms with Gasteiger partial charge in [0, 0.05) is 23.5 Å². The van der Waals surface area contributed by atoms with Crippen LogP contribution in [0.5, 0.6) is 0 Å². The smallest absolute Gasteiger partial charge is 0.329 e. The van der Waals surface area contributed by atoms with Crippen molar-refractivity contribution in [2.24, 2.45) is 10.7 Å². The molecule has 38 heavy (non-hydrogen) atoms. The topological polar surface area (TPSA) is 167 Å². The molecule has 2 unspecified atom stereocenters. The molecular weight excluding hydrogens is 488 g/mol. The number of rotatable bonds is 13. The van der Waals surface area contributed by atoms with Crippen molar-refractivity contribution in [2.75, 3.05) is 0 Å². The number of aliphatic hydroxyl groups is 1. The van der Waals surface area contributed by atoms with E-state index in [1.807, 2.05) is 73.9 Å². The van der Waals surface area contributed by atoms with E-state index in [0.717, 1.165) is 5.69 Å². The van der Waals surface area contributed by atoms with Crippen LogP contribution in [0.15, 0.2) is 102 Å². The number of primary amides is 1. The molecule has 0 bridgehead atoms. The predicted molar refractivity (Wildman–Crippen MR) is 146 cm³/mol. The summed E-state index contributed by atoms with van der Waals surface area (Å²) in [5.41, 5.74) is 6.05. The number of aliphatic imine (C=N–C) groups is 1. The van der Waals surface area contributed by atoms with Crippen molar-refractivity contribution < 1.29 is 29.3 Å². The summed E-state index contributed by atoms with van der Waals surface area (Å²) in [6.07, 6.45) is 23.1. The number of carbonyl (C=O) groups is 3. The van der Waals surface area contributed by atoms with Gasteiger partial charge in [0.1, 0.15) is 12.1 Å². The van der Waals surface area contributed by atoms with Crippen LogP contribution in [0.4, 0.5) is 0 Å². The quantitative estimate of drug-likeness (QED) is 0.198. The van der Waals surface area contributed by atoms with Crippen LogP contribution in [0.2, 0.25) is 0 Å². The van der Waals surface area contributed by atoms with E-state index in [4.69, 9.17) is 15.6 Å². The first-order valence-electron chi connectivity index (χ1n) is 11.8. The van der Waals surface area contributed by atoms with Gasteiger partial charge in [-0.3, -0.25) is 9.59 Å². The summed E-state index contributed by atoms with van der Waals surface area (Å²) in [5, 5.41) is 20.6. The molecule has 1 aliphatic heterocycles. The van der Waals surface area contributed by atoms with Crippen molar-refractivity contribution >= 4 is 29.8 Å². The molecule has 2 heterocycles. The number of nitrogens with one attached hydrogen (secondary N) is 2. The van der Waals surface area contributed by atoms with E-state index in [0.29, 0.717) is 5.90 Å². The molecule has 0 saturated heterocycles. The molecule has 0 radical (unpaired) electrons. The fraction of sp³-hybridized carbons (Fsp3) is 0.214. The summed E-state index contributed by atoms with van der Waals surface area (Å²) >= 11 is 0. The molecule has 200 valence electrons. The number of allylic oxidation sites excluding steroid dienone is 10. The van der Waals surface area contributed by atoms with Crippen LogP contribution in [0, 0.1) is 0 Å². The predicted octanol–water partition coefficient (Wildman–Crippen LogP) is 2.36. The number of aliphatic hydroxyl groups excluding tert-OH is 1. The van der Waals surface area contributed by atoms with Crippen molar-refractivity contribution in [2.45, 2.75) is 38.1 Å². The highest BCUT2D eigenvalue weighted by Gasteiger charge is 2.32. The fourth-order valence-electron chi connectivity index (χ4n) is 3.03. The minimum atomic E-state index is -2.04. The summed E-state index contributed by atoms with van der Waals surface area (Å²) in [6, 6.07) is 1.99. The van der Waals surface area contributed by atoms with Gasteiger partial charge < -0.3 is 31.0 Å². The summed E-state index contributed by atoms with van der Waals surface area (Å²) < 4.78 is 5.75. The molecule has 0 saturated carbocycles. The van der Waals surface area contributed by atoms with Gasteiger partial charge in [-0.25, -0.2) is 9.79 Å². The Balaban J connectivity index is 1.76. The number of aromatic nitrogens is 1. The Hall–Kier alpha value is -4.70. The monoisotopic (exact) mass is 520 g/mol. The SMILES string of the molecule is C\C(=C/C=C/C=C/C=C/C=C/C=C/[C@H]1N=C(/C=C/c2ccc[nH]2)O[C@@H]1C)C(=O)NC(C(=O)O)C(O)C(N)=O. The molecule has 0 fully saturated rings. The van der Waals surface area contributed by atoms with E-state index in [2.05, 4.69) is 15.3 Å². The van der Waals surface area contributed by atoms with Crippen molar-refractivity contribution in [1.29, 1.82) is 0 Å². The third-order valence-corrected chi connectivity index (χ3v) is 5.15. The number of ether oxygens (including phenoxy) is 1. The van der Waals surface area contributed by atoms with Gasteiger partial charge in [-0.05, 0) is 32.1 Å². The second-order valence-electron chi connectivity index (χ2n) is 8.15. The van der Waals surface area contributed by atoms with Crippen LogP contribution >= 0.6 is 0 Å². The van der Waals surface area contributed by atoms with Crippen molar-refractivity contribution in [3.63, 3.8) is 0 Å². The number of H-pyrrole nitrogens is 1. The highest BCUT2D eigenvalue weighted by Crippen LogP contribution is 2.16. The van der Waals surface area contributed by atoms with Crippen LogP contribution in [-0.4, -0.2) is 63.2 Å². The number of nitrogens with zero attached hydrogens (tertiary/aromatic N) is 1. The van der Waals surface area contributed by atoms with E-state index in [1.54, 1.807) is 24.3 Å². The van der Waals surface area contributed by atoms with Crippen LogP contribution in [0.1, 0.15) is 19.5 Å². The zero-order chi connectivity index (χ0) is 27.9. The van der Waals surface area contributed by atoms with Crippen LogP contribution in [0.3, 0.4) is 0 Å². The molecule has 0 spiro atoms. The Bertz CT molecular complexity index is 1200. The number of carbonyl (C=O) groups excluding carboxylic acids is 2. The molecule has 2 amide bonds. The lowest BCUT2D eigenvalue weighted by molar-refractivity contribution is -0.148. The van der Waals surface area contributed by atoms with Gasteiger partial charge in [-0.15, -0.1) is 0 Å². The molecule has 1 aromatic heterocycles. The zero-order valence-corrected chi connectivity index (χ0v) is 21.1. The number of hydrogen-bond acceptors (Lipinski definition) is 6. The average Bonchev–Trinajstić information content (AvgIpc) is 3.52. The third-order valence-electron chi connectivity index (χ3n) is 5.15. The lowest BCUT2D eigenvalue weighted by Crippen LogP contribution is -2.53. The molecule has 6 N–H and O–H groups in total. The minimum absolute atomic E-state index is 0.0442. The number of amides is 2. The summed E-state index contributed by atoms with van der Waals surface area (Å²) in [7, 11) is 0. The van der Waals surface area contributed by atoms with Gasteiger partial charge in [0.15, 0.2) is 12.1 Å². The third kappa shape index (κ3) is 10.1. The maximum absolute atomic E-state index is 12.1. The van der Waals surface area contributed by atoms with Crippen molar-refractivity contribution in [3.05, 3.63) is 103 Å². The molecular formula is C28H32N4O6. The second-order valence-corrected chi connectivity index (χ2v) is 8.15. The first kappa shape index (κ1) is 29.5. The molecule has 1 aromatic rings. The Morgan fingerprint density at radius 3 is 2.29 bits per heavy atom. The Morgan fingerprint density at radius 1 is 1.08 bits per heavy atom. The van der Waals surface area contributed by atoms with Gasteiger partial charge in [-0.1, -0.05) is 66.8 Å². The Labute approximate surface area is 221 Å². The molecule has 0 aromatic carbocycles. The van der Waals surface area contributed by atoms with Gasteiger partial charge in [0.05, 0.1) is 0 Å². The lowest BCUT2D eigenvalue weighted by Gasteiger charge is -2.17. The molecule has 4 atom stereocenters. The number of carboxylic acid groups (broad SMARTS) is 1. The highest BCUT2D eigenvalue weighted by molar-refractivity contribution is 5.97. The van der Waals surface area contributed by atoms with Gasteiger partial charge in [-0.2, -0.15) is 0 Å². The maximum Gasteiger partial charge on any atom is 0.329 e. The number of aliphatic carboxylic acids is 1. The van der Waals surface area contributed by atoms with E-state index < -0.39 is 29.9 Å². The lowest BCUT2D eigenvalue weighted by atomic mass is 10.1. The van der Waals surface area contributed by atoms with Gasteiger partial charge in [0.2, 0.25) is 17.7 Å². The zero-order valence-electron chi connectivity index (χ0n) is 21.1. The molecule has 0 aliphatic carbocycles. The standard InChI is InChI=1S/C28H32N4O6/c1-19(27(35)32-24(28(36)37)25(33)26(29)34)13-10-8-6-4-3-5-7-9-11-15-22-20(2)38-23(31-22)17-16-21-14-12-18-30-21/h3-18,20,22,24-25,30,33H,1-2H3,(H2,29,34)(H,32,35)(H,36,37)/b5-3+,6-4+,9-7+,10-8+,15-11+,17-16+,19-13+/t20-,22-,24?,25?/m1/s1. The highest BCUT2D eigenvalue weighted by atomic mass is 16.5. The van der Waals surface area contributed by atoms with E-state index in [9.17, 15) is 19.5 Å². The van der Waals surface area contributed by atoms with Crippen molar-refractivity contribution in [1.82, 2.24) is 10.3 Å². The van der Waals surface area contributed by atoms with Gasteiger partial charge in [0.25, 0.3) is 0 Å². The van der Waals surface area contributed by atoms with Gasteiger partial charge >= 0.3 is 5.97 Å². The molecule has 1 aliphatic rings. The van der Waals surface area contributed by atoms with E-state index in [-0.39, 0.29) is 17.7 Å². The number of aromatic amines is 1. The van der Waals surface area contributed by atoms with E-state index >= 15 is 0 Å². The summed E-state index contributed by atoms with van der Waals surface area (Å²) in [4.78, 5) is 41.8. The fourth-order valence-corrected chi connectivity index (χ4v) is 3.03. The maximum atomic E-state index is 12.1. The minimum Gasteiger partial charge on any atom is -0.480 e. The number of hydrogen-bond donors (Lipinski definition) is 5. The second kappa shape index (κ2) is 15.4. The number of nitrogens with two attached hydrogens (primary N) is 1. The normalized spacial score (nSPS) is 20.2. The molecule has 10 nitrogen and oxygen atoms in total. The Kier molecular flexibility index (Phi) is 12.0. The van der Waals surface area contributed by atoms with Crippen LogP contribution < -0.4 is 11.1 Å². The Morgan fingerprint density at radius 2 is 1.71 bits per heavy atom. The first-order valence-corrected chi connectivity index (χ1v) is 11.8. The number of carboxylic acids is 1. The summed E-state index contributed by atoms with van der Waals surface area (Å²) in [5.74, 6) is -2.98. The first-order chi connectivity index (χ1) is 18.2. The average molecular weight is 521 g/mol. The molecule has 10 heteroatoms. The molecule has 2 rings (SSSR count). The van der Waals surface area contributed by atoms with Crippen LogP contribution in [-0.2, 0) is 19.1 Å².